The molecule has 0 radical (unpaired) electrons. The summed E-state index contributed by atoms with van der Waals surface area (Å²) in [7, 11) is 2.06. The lowest BCUT2D eigenvalue weighted by Crippen LogP contribution is -2.12. The Balaban J connectivity index is 2.98. The largest absolute Gasteiger partial charge is 0.316 e. The van der Waals surface area contributed by atoms with E-state index in [4.69, 9.17) is 0 Å². The van der Waals surface area contributed by atoms with Crippen molar-refractivity contribution in [3.63, 3.8) is 0 Å². The lowest BCUT2D eigenvalue weighted by molar-refractivity contribution is 0.331. The molecule has 3 unspecified atom stereocenters. The van der Waals surface area contributed by atoms with Crippen molar-refractivity contribution in [1.82, 2.24) is 5.32 Å². The van der Waals surface area contributed by atoms with Gasteiger partial charge in [-0.25, -0.2) is 0 Å². The van der Waals surface area contributed by atoms with Crippen LogP contribution in [0.25, 0.3) is 0 Å². The summed E-state index contributed by atoms with van der Waals surface area (Å²) in [6, 6.07) is 0. The molecule has 0 aromatic heterocycles. The fraction of sp³-hybridized carbons (Fsp3) is 0.900. The van der Waals surface area contributed by atoms with Gasteiger partial charge >= 0.3 is 0 Å². The predicted octanol–water partition coefficient (Wildman–Crippen LogP) is 5.96. The van der Waals surface area contributed by atoms with Crippen molar-refractivity contribution in [2.24, 2.45) is 16.7 Å². The Morgan fingerprint density at radius 2 is 1.57 bits per heavy atom. The molecule has 1 nitrogen and oxygen atoms in total. The van der Waals surface area contributed by atoms with Gasteiger partial charge in [-0.15, -0.1) is 0 Å². The molecular formula is C20H39N. The van der Waals surface area contributed by atoms with Crippen LogP contribution in [0.15, 0.2) is 11.1 Å². The number of unbranched alkanes of at least 4 members (excludes halogenated alkanes) is 2. The molecule has 0 bridgehead atoms. The van der Waals surface area contributed by atoms with Crippen LogP contribution in [0.3, 0.4) is 0 Å². The van der Waals surface area contributed by atoms with E-state index in [0.717, 1.165) is 12.5 Å². The SMILES string of the molecule is CCCCCC1(C)C(C(CC)=C(C)CNC)C1(C)CCC. The highest BCUT2D eigenvalue weighted by atomic mass is 14.8. The zero-order valence-corrected chi connectivity index (χ0v) is 15.7. The van der Waals surface area contributed by atoms with Crippen LogP contribution >= 0.6 is 0 Å². The molecule has 0 heterocycles. The fourth-order valence-electron chi connectivity index (χ4n) is 4.98. The third kappa shape index (κ3) is 3.55. The summed E-state index contributed by atoms with van der Waals surface area (Å²) in [6.45, 7) is 15.5. The number of hydrogen-bond donors (Lipinski definition) is 1. The Morgan fingerprint density at radius 1 is 0.952 bits per heavy atom. The average Bonchev–Trinajstić information content (AvgIpc) is 2.89. The van der Waals surface area contributed by atoms with Crippen LogP contribution < -0.4 is 5.32 Å². The van der Waals surface area contributed by atoms with Crippen LogP contribution in [0.5, 0.6) is 0 Å². The second-order valence-electron chi connectivity index (χ2n) is 7.66. The van der Waals surface area contributed by atoms with E-state index in [9.17, 15) is 0 Å². The minimum atomic E-state index is 0.538. The molecule has 1 rings (SSSR count). The van der Waals surface area contributed by atoms with Crippen molar-refractivity contribution in [3.05, 3.63) is 11.1 Å². The number of hydrogen-bond acceptors (Lipinski definition) is 1. The molecule has 1 saturated carbocycles. The molecule has 0 amide bonds. The molecule has 1 aliphatic carbocycles. The van der Waals surface area contributed by atoms with Crippen molar-refractivity contribution in [3.8, 4) is 0 Å². The van der Waals surface area contributed by atoms with Crippen LogP contribution in [0, 0.1) is 16.7 Å². The van der Waals surface area contributed by atoms with Gasteiger partial charge in [-0.05, 0) is 50.0 Å². The van der Waals surface area contributed by atoms with E-state index in [1.165, 1.54) is 44.9 Å². The smallest absolute Gasteiger partial charge is 0.0161 e. The first-order valence-corrected chi connectivity index (χ1v) is 9.26. The van der Waals surface area contributed by atoms with Gasteiger partial charge in [-0.2, -0.15) is 0 Å². The zero-order chi connectivity index (χ0) is 16.1. The highest BCUT2D eigenvalue weighted by Crippen LogP contribution is 2.76. The Kier molecular flexibility index (Phi) is 6.97. The molecule has 3 atom stereocenters. The summed E-state index contributed by atoms with van der Waals surface area (Å²) in [4.78, 5) is 0. The highest BCUT2D eigenvalue weighted by molar-refractivity contribution is 5.33. The fourth-order valence-corrected chi connectivity index (χ4v) is 4.98. The summed E-state index contributed by atoms with van der Waals surface area (Å²) in [5, 5.41) is 3.35. The van der Waals surface area contributed by atoms with Crippen LogP contribution in [0.1, 0.15) is 86.5 Å². The topological polar surface area (TPSA) is 12.0 Å². The molecule has 1 heteroatoms. The molecule has 0 spiro atoms. The van der Waals surface area contributed by atoms with Crippen LogP contribution in [-0.2, 0) is 0 Å². The maximum atomic E-state index is 3.35. The average molecular weight is 294 g/mol. The van der Waals surface area contributed by atoms with Gasteiger partial charge in [0.1, 0.15) is 0 Å². The van der Waals surface area contributed by atoms with E-state index in [1.54, 1.807) is 11.1 Å². The number of rotatable bonds is 10. The standard InChI is InChI=1S/C20H39N/c1-8-11-12-14-20(6)18(19(20,5)13-9-2)17(10-3)16(4)15-21-7/h18,21H,8-15H2,1-7H3. The molecule has 0 saturated heterocycles. The van der Waals surface area contributed by atoms with E-state index in [0.29, 0.717) is 10.8 Å². The normalized spacial score (nSPS) is 33.0. The number of allylic oxidation sites excluding steroid dienone is 1. The molecule has 0 aromatic rings. The summed E-state index contributed by atoms with van der Waals surface area (Å²) >= 11 is 0. The quantitative estimate of drug-likeness (QED) is 0.387. The minimum Gasteiger partial charge on any atom is -0.316 e. The van der Waals surface area contributed by atoms with Crippen molar-refractivity contribution in [2.45, 2.75) is 86.5 Å². The van der Waals surface area contributed by atoms with Gasteiger partial charge in [0.15, 0.2) is 0 Å². The van der Waals surface area contributed by atoms with Gasteiger partial charge in [0.2, 0.25) is 0 Å². The second kappa shape index (κ2) is 7.81. The van der Waals surface area contributed by atoms with Crippen molar-refractivity contribution in [1.29, 1.82) is 0 Å². The summed E-state index contributed by atoms with van der Waals surface area (Å²) in [5.74, 6) is 0.820. The monoisotopic (exact) mass is 293 g/mol. The molecule has 0 aliphatic heterocycles. The molecule has 21 heavy (non-hydrogen) atoms. The Hall–Kier alpha value is -0.300. The molecule has 124 valence electrons. The predicted molar refractivity (Wildman–Crippen MR) is 95.7 cm³/mol. The van der Waals surface area contributed by atoms with Gasteiger partial charge < -0.3 is 5.32 Å². The number of nitrogens with one attached hydrogen (secondary N) is 1. The lowest BCUT2D eigenvalue weighted by Gasteiger charge is -2.17. The van der Waals surface area contributed by atoms with Gasteiger partial charge in [-0.1, -0.05) is 71.4 Å². The third-order valence-electron chi connectivity index (χ3n) is 6.28. The molecule has 1 fully saturated rings. The van der Waals surface area contributed by atoms with Crippen molar-refractivity contribution in [2.75, 3.05) is 13.6 Å². The van der Waals surface area contributed by atoms with Crippen LogP contribution in [0.4, 0.5) is 0 Å². The zero-order valence-electron chi connectivity index (χ0n) is 15.7. The van der Waals surface area contributed by atoms with Crippen LogP contribution in [0.2, 0.25) is 0 Å². The Bertz CT molecular complexity index is 357. The summed E-state index contributed by atoms with van der Waals surface area (Å²) in [6.07, 6.45) is 9.48. The van der Waals surface area contributed by atoms with Gasteiger partial charge in [0.05, 0.1) is 0 Å². The van der Waals surface area contributed by atoms with Crippen molar-refractivity contribution < 1.29 is 0 Å². The first kappa shape index (κ1) is 18.7. The number of likely N-dealkylation sites (N-methyl/N-ethyl adjacent to an activating group) is 1. The first-order valence-electron chi connectivity index (χ1n) is 9.26. The highest BCUT2D eigenvalue weighted by Gasteiger charge is 2.69. The Labute approximate surface area is 134 Å². The van der Waals surface area contributed by atoms with Gasteiger partial charge in [0, 0.05) is 6.54 Å². The third-order valence-corrected chi connectivity index (χ3v) is 6.28. The summed E-state index contributed by atoms with van der Waals surface area (Å²) < 4.78 is 0. The summed E-state index contributed by atoms with van der Waals surface area (Å²) in [5.41, 5.74) is 4.42. The van der Waals surface area contributed by atoms with E-state index < -0.39 is 0 Å². The van der Waals surface area contributed by atoms with E-state index in [1.807, 2.05) is 0 Å². The minimum absolute atomic E-state index is 0.538. The van der Waals surface area contributed by atoms with E-state index in [-0.39, 0.29) is 0 Å². The van der Waals surface area contributed by atoms with E-state index >= 15 is 0 Å². The van der Waals surface area contributed by atoms with Gasteiger partial charge in [0.25, 0.3) is 0 Å². The van der Waals surface area contributed by atoms with Gasteiger partial charge in [-0.3, -0.25) is 0 Å². The molecule has 1 N–H and O–H groups in total. The van der Waals surface area contributed by atoms with Crippen molar-refractivity contribution >= 4 is 0 Å². The maximum absolute atomic E-state index is 3.35. The van der Waals surface area contributed by atoms with E-state index in [2.05, 4.69) is 53.9 Å². The molecule has 0 aromatic carbocycles. The Morgan fingerprint density at radius 3 is 2.05 bits per heavy atom. The first-order chi connectivity index (χ1) is 9.92. The second-order valence-corrected chi connectivity index (χ2v) is 7.66. The molecule has 1 aliphatic rings. The molecular weight excluding hydrogens is 254 g/mol. The van der Waals surface area contributed by atoms with Crippen LogP contribution in [-0.4, -0.2) is 13.6 Å². The maximum Gasteiger partial charge on any atom is 0.0161 e. The lowest BCUT2D eigenvalue weighted by atomic mass is 9.88.